The number of sulfone groups is 1. The average molecular weight is 376 g/mol. The highest BCUT2D eigenvalue weighted by molar-refractivity contribution is 7.92. The first-order valence-electron chi connectivity index (χ1n) is 8.44. The molecular weight excluding hydrogens is 356 g/mol. The summed E-state index contributed by atoms with van der Waals surface area (Å²) in [5, 5.41) is 7.73. The van der Waals surface area contributed by atoms with Gasteiger partial charge in [-0.05, 0) is 25.2 Å². The van der Waals surface area contributed by atoms with Crippen molar-refractivity contribution in [1.82, 2.24) is 9.55 Å². The molecule has 0 saturated heterocycles. The molecule has 0 bridgehead atoms. The van der Waals surface area contributed by atoms with Crippen LogP contribution in [0.2, 0.25) is 0 Å². The molecule has 138 valence electrons. The summed E-state index contributed by atoms with van der Waals surface area (Å²) in [6.07, 6.45) is 4.16. The third-order valence-corrected chi connectivity index (χ3v) is 6.67. The second-order valence-electron chi connectivity index (χ2n) is 6.56. The molecule has 1 aromatic heterocycles. The lowest BCUT2D eigenvalue weighted by atomic mass is 10.2. The summed E-state index contributed by atoms with van der Waals surface area (Å²) < 4.78 is 25.8. The van der Waals surface area contributed by atoms with Crippen molar-refractivity contribution in [3.63, 3.8) is 0 Å². The van der Waals surface area contributed by atoms with E-state index >= 15 is 0 Å². The van der Waals surface area contributed by atoms with Gasteiger partial charge in [0.05, 0.1) is 11.4 Å². The van der Waals surface area contributed by atoms with Gasteiger partial charge in [-0.3, -0.25) is 14.2 Å². The second-order valence-corrected chi connectivity index (χ2v) is 8.79. The molecule has 1 aromatic carbocycles. The minimum Gasteiger partial charge on any atom is -0.480 e. The Labute approximate surface area is 151 Å². The Hall–Kier alpha value is -2.48. The van der Waals surface area contributed by atoms with Gasteiger partial charge in [0, 0.05) is 18.2 Å². The third-order valence-electron chi connectivity index (χ3n) is 4.43. The molecule has 26 heavy (non-hydrogen) atoms. The molecule has 0 spiro atoms. The lowest BCUT2D eigenvalue weighted by Gasteiger charge is -2.12. The number of carboxylic acids is 1. The molecule has 2 aromatic rings. The maximum Gasteiger partial charge on any atom is 0.321 e. The predicted octanol–water partition coefficient (Wildman–Crippen LogP) is 2.25. The molecule has 1 N–H and O–H groups in total. The van der Waals surface area contributed by atoms with E-state index in [0.29, 0.717) is 5.69 Å². The zero-order valence-electron chi connectivity index (χ0n) is 14.1. The summed E-state index contributed by atoms with van der Waals surface area (Å²) in [5.74, 6) is -1.82. The Bertz CT molecular complexity index is 901. The van der Waals surface area contributed by atoms with E-state index in [1.807, 2.05) is 30.3 Å². The molecule has 0 radical (unpaired) electrons. The maximum absolute atomic E-state index is 12.3. The van der Waals surface area contributed by atoms with E-state index in [4.69, 9.17) is 0 Å². The summed E-state index contributed by atoms with van der Waals surface area (Å²) in [6, 6.07) is 9.32. The highest BCUT2D eigenvalue weighted by Crippen LogP contribution is 2.32. The Morgan fingerprint density at radius 1 is 1.23 bits per heavy atom. The lowest BCUT2D eigenvalue weighted by Crippen LogP contribution is -2.33. The smallest absolute Gasteiger partial charge is 0.321 e. The minimum absolute atomic E-state index is 0.0691. The van der Waals surface area contributed by atoms with Gasteiger partial charge in [-0.2, -0.15) is 0 Å². The molecule has 1 heterocycles. The number of imidazole rings is 1. The molecule has 0 aliphatic heterocycles. The highest BCUT2D eigenvalue weighted by atomic mass is 32.2. The van der Waals surface area contributed by atoms with Crippen LogP contribution in [0.5, 0.6) is 0 Å². The number of nitrogens with zero attached hydrogens (tertiary/aromatic N) is 2. The summed E-state index contributed by atoms with van der Waals surface area (Å²) >= 11 is 0. The number of carbonyl (C=O) groups is 2. The van der Waals surface area contributed by atoms with Crippen molar-refractivity contribution >= 4 is 21.7 Å². The second kappa shape index (κ2) is 7.41. The van der Waals surface area contributed by atoms with Crippen molar-refractivity contribution in [1.29, 1.82) is 0 Å². The average Bonchev–Trinajstić information content (AvgIpc) is 3.25. The Morgan fingerprint density at radius 3 is 2.54 bits per heavy atom. The summed E-state index contributed by atoms with van der Waals surface area (Å²) in [5.41, 5.74) is 1.48. The SMILES string of the molecule is O=C(O)C(CCC(=O)n1cnc(-c2ccccc2)c1)S(=O)(=O)CC1CC1. The molecule has 1 saturated carbocycles. The van der Waals surface area contributed by atoms with E-state index < -0.39 is 21.1 Å². The van der Waals surface area contributed by atoms with Gasteiger partial charge in [-0.25, -0.2) is 13.4 Å². The van der Waals surface area contributed by atoms with Crippen LogP contribution in [-0.4, -0.2) is 46.0 Å². The van der Waals surface area contributed by atoms with Crippen LogP contribution < -0.4 is 0 Å². The molecule has 7 nitrogen and oxygen atoms in total. The summed E-state index contributed by atoms with van der Waals surface area (Å²) in [4.78, 5) is 27.9. The monoisotopic (exact) mass is 376 g/mol. The van der Waals surface area contributed by atoms with E-state index in [-0.39, 0.29) is 30.4 Å². The van der Waals surface area contributed by atoms with E-state index in [0.717, 1.165) is 18.4 Å². The number of carboxylic acid groups (broad SMARTS) is 1. The van der Waals surface area contributed by atoms with Gasteiger partial charge < -0.3 is 5.11 Å². The van der Waals surface area contributed by atoms with Crippen molar-refractivity contribution in [3.8, 4) is 11.3 Å². The summed E-state index contributed by atoms with van der Waals surface area (Å²) in [6.45, 7) is 0. The Balaban J connectivity index is 1.65. The number of aromatic nitrogens is 2. The molecule has 8 heteroatoms. The standard InChI is InChI=1S/C18H20N2O5S/c21-17(20-10-15(19-12-20)14-4-2-1-3-5-14)9-8-16(18(22)23)26(24,25)11-13-6-7-13/h1-5,10,12-13,16H,6-9,11H2,(H,22,23). The van der Waals surface area contributed by atoms with Crippen molar-refractivity contribution in [2.75, 3.05) is 5.75 Å². The molecule has 1 atom stereocenters. The fourth-order valence-electron chi connectivity index (χ4n) is 2.79. The van der Waals surface area contributed by atoms with Crippen LogP contribution in [0, 0.1) is 5.92 Å². The lowest BCUT2D eigenvalue weighted by molar-refractivity contribution is -0.136. The first-order valence-corrected chi connectivity index (χ1v) is 10.2. The first kappa shape index (κ1) is 18.3. The number of carbonyl (C=O) groups excluding carboxylic acids is 1. The van der Waals surface area contributed by atoms with Crippen LogP contribution in [0.3, 0.4) is 0 Å². The fourth-order valence-corrected chi connectivity index (χ4v) is 4.79. The number of benzene rings is 1. The van der Waals surface area contributed by atoms with Gasteiger partial charge in [0.2, 0.25) is 5.91 Å². The van der Waals surface area contributed by atoms with Crippen LogP contribution in [0.15, 0.2) is 42.9 Å². The van der Waals surface area contributed by atoms with Crippen LogP contribution in [0.1, 0.15) is 30.5 Å². The van der Waals surface area contributed by atoms with Gasteiger partial charge in [-0.15, -0.1) is 0 Å². The third kappa shape index (κ3) is 4.37. The van der Waals surface area contributed by atoms with E-state index in [1.54, 1.807) is 6.20 Å². The van der Waals surface area contributed by atoms with Crippen molar-refractivity contribution in [2.45, 2.75) is 30.9 Å². The normalized spacial score (nSPS) is 15.5. The topological polar surface area (TPSA) is 106 Å². The number of rotatable bonds is 8. The highest BCUT2D eigenvalue weighted by Gasteiger charge is 2.37. The van der Waals surface area contributed by atoms with Crippen LogP contribution in [0.4, 0.5) is 0 Å². The van der Waals surface area contributed by atoms with Gasteiger partial charge in [0.15, 0.2) is 15.1 Å². The zero-order chi connectivity index (χ0) is 18.7. The molecule has 1 aliphatic rings. The largest absolute Gasteiger partial charge is 0.480 e. The summed E-state index contributed by atoms with van der Waals surface area (Å²) in [7, 11) is -3.75. The number of hydrogen-bond acceptors (Lipinski definition) is 5. The Kier molecular flexibility index (Phi) is 5.22. The number of aliphatic carboxylic acids is 1. The zero-order valence-corrected chi connectivity index (χ0v) is 14.9. The van der Waals surface area contributed by atoms with E-state index in [2.05, 4.69) is 4.98 Å². The van der Waals surface area contributed by atoms with Crippen LogP contribution >= 0.6 is 0 Å². The molecule has 1 fully saturated rings. The molecule has 1 aliphatic carbocycles. The van der Waals surface area contributed by atoms with Gasteiger partial charge in [0.25, 0.3) is 0 Å². The van der Waals surface area contributed by atoms with Crippen molar-refractivity contribution in [2.24, 2.45) is 5.92 Å². The molecule has 0 amide bonds. The molecule has 3 rings (SSSR count). The maximum atomic E-state index is 12.3. The van der Waals surface area contributed by atoms with E-state index in [9.17, 15) is 23.1 Å². The fraction of sp³-hybridized carbons (Fsp3) is 0.389. The van der Waals surface area contributed by atoms with Crippen LogP contribution in [0.25, 0.3) is 11.3 Å². The Morgan fingerprint density at radius 2 is 1.92 bits per heavy atom. The first-order chi connectivity index (χ1) is 12.4. The quantitative estimate of drug-likeness (QED) is 0.757. The van der Waals surface area contributed by atoms with Gasteiger partial charge >= 0.3 is 5.97 Å². The molecular formula is C18H20N2O5S. The van der Waals surface area contributed by atoms with E-state index in [1.165, 1.54) is 10.9 Å². The van der Waals surface area contributed by atoms with Crippen molar-refractivity contribution < 1.29 is 23.1 Å². The molecule has 1 unspecified atom stereocenters. The van der Waals surface area contributed by atoms with Crippen LogP contribution in [-0.2, 0) is 14.6 Å². The van der Waals surface area contributed by atoms with Gasteiger partial charge in [0.1, 0.15) is 6.33 Å². The number of hydrogen-bond donors (Lipinski definition) is 1. The predicted molar refractivity (Wildman–Crippen MR) is 95.5 cm³/mol. The van der Waals surface area contributed by atoms with Gasteiger partial charge in [-0.1, -0.05) is 30.3 Å². The minimum atomic E-state index is -3.75. The van der Waals surface area contributed by atoms with Crippen molar-refractivity contribution in [3.05, 3.63) is 42.9 Å².